The number of halogens is 3. The first-order valence-corrected chi connectivity index (χ1v) is 4.53. The third-order valence-corrected chi connectivity index (χ3v) is 2.25. The molecule has 0 bridgehead atoms. The van der Waals surface area contributed by atoms with E-state index in [-0.39, 0.29) is 6.61 Å². The number of hydrogen-bond donors (Lipinski definition) is 0. The van der Waals surface area contributed by atoms with Crippen LogP contribution < -0.4 is 0 Å². The molecule has 1 heterocycles. The maximum atomic E-state index is 12.3. The lowest BCUT2D eigenvalue weighted by atomic mass is 10.0. The maximum Gasteiger partial charge on any atom is 0.416 e. The molecule has 0 aromatic heterocycles. The van der Waals surface area contributed by atoms with Gasteiger partial charge in [0.1, 0.15) is 6.61 Å². The summed E-state index contributed by atoms with van der Waals surface area (Å²) >= 11 is 0. The summed E-state index contributed by atoms with van der Waals surface area (Å²) in [5, 5.41) is 0. The Hall–Kier alpha value is -1.78. The van der Waals surface area contributed by atoms with Crippen LogP contribution in [-0.4, -0.2) is 12.6 Å². The van der Waals surface area contributed by atoms with Crippen LogP contribution in [0.2, 0.25) is 0 Å². The van der Waals surface area contributed by atoms with Gasteiger partial charge in [-0.1, -0.05) is 12.1 Å². The number of esters is 1. The Kier molecular flexibility index (Phi) is 2.46. The van der Waals surface area contributed by atoms with E-state index in [2.05, 4.69) is 4.74 Å². The van der Waals surface area contributed by atoms with Gasteiger partial charge in [0.2, 0.25) is 0 Å². The molecule has 0 aliphatic carbocycles. The third kappa shape index (κ3) is 1.93. The SMILES string of the molecule is O=C1OCC=C1c1ccc(C(F)(F)F)cc1. The standard InChI is InChI=1S/C11H7F3O2/c12-11(13,14)8-3-1-7(2-4-8)9-5-6-16-10(9)15/h1-5H,6H2. The molecule has 1 aliphatic rings. The van der Waals surface area contributed by atoms with E-state index < -0.39 is 17.7 Å². The molecular weight excluding hydrogens is 221 g/mol. The van der Waals surface area contributed by atoms with Gasteiger partial charge >= 0.3 is 12.1 Å². The highest BCUT2D eigenvalue weighted by Gasteiger charge is 2.30. The third-order valence-electron chi connectivity index (χ3n) is 2.25. The monoisotopic (exact) mass is 228 g/mol. The Balaban J connectivity index is 2.30. The zero-order chi connectivity index (χ0) is 11.8. The highest BCUT2D eigenvalue weighted by atomic mass is 19.4. The second kappa shape index (κ2) is 3.66. The molecule has 2 rings (SSSR count). The maximum absolute atomic E-state index is 12.3. The van der Waals surface area contributed by atoms with Gasteiger partial charge in [-0.3, -0.25) is 0 Å². The summed E-state index contributed by atoms with van der Waals surface area (Å²) in [5.41, 5.74) is 0.0208. The minimum atomic E-state index is -4.36. The van der Waals surface area contributed by atoms with E-state index in [0.717, 1.165) is 12.1 Å². The molecule has 0 unspecified atom stereocenters. The van der Waals surface area contributed by atoms with Gasteiger partial charge in [0.15, 0.2) is 0 Å². The first-order chi connectivity index (χ1) is 7.48. The van der Waals surface area contributed by atoms with Gasteiger partial charge in [-0.2, -0.15) is 13.2 Å². The van der Waals surface area contributed by atoms with E-state index in [9.17, 15) is 18.0 Å². The molecule has 0 atom stereocenters. The number of hydrogen-bond acceptors (Lipinski definition) is 2. The molecule has 0 spiro atoms. The Morgan fingerprint density at radius 3 is 2.19 bits per heavy atom. The van der Waals surface area contributed by atoms with Crippen molar-refractivity contribution in [2.75, 3.05) is 6.61 Å². The van der Waals surface area contributed by atoms with E-state index >= 15 is 0 Å². The highest BCUT2D eigenvalue weighted by molar-refractivity contribution is 6.18. The minimum absolute atomic E-state index is 0.176. The Morgan fingerprint density at radius 2 is 1.75 bits per heavy atom. The zero-order valence-electron chi connectivity index (χ0n) is 8.04. The number of carbonyl (C=O) groups excluding carboxylic acids is 1. The van der Waals surface area contributed by atoms with Crippen molar-refractivity contribution in [2.24, 2.45) is 0 Å². The zero-order valence-corrected chi connectivity index (χ0v) is 8.04. The fourth-order valence-electron chi connectivity index (χ4n) is 1.44. The van der Waals surface area contributed by atoms with Crippen molar-refractivity contribution in [1.82, 2.24) is 0 Å². The average Bonchev–Trinajstić information content (AvgIpc) is 2.63. The second-order valence-corrected chi connectivity index (χ2v) is 3.29. The molecule has 2 nitrogen and oxygen atoms in total. The molecule has 1 aromatic carbocycles. The van der Waals surface area contributed by atoms with E-state index in [1.807, 2.05) is 0 Å². The summed E-state index contributed by atoms with van der Waals surface area (Å²) in [6.07, 6.45) is -2.81. The normalized spacial score (nSPS) is 15.9. The first-order valence-electron chi connectivity index (χ1n) is 4.53. The number of ether oxygens (including phenoxy) is 1. The molecule has 84 valence electrons. The molecule has 1 aromatic rings. The fraction of sp³-hybridized carbons (Fsp3) is 0.182. The van der Waals surface area contributed by atoms with Crippen molar-refractivity contribution in [3.63, 3.8) is 0 Å². The highest BCUT2D eigenvalue weighted by Crippen LogP contribution is 2.30. The largest absolute Gasteiger partial charge is 0.458 e. The lowest BCUT2D eigenvalue weighted by Crippen LogP contribution is -2.05. The summed E-state index contributed by atoms with van der Waals surface area (Å²) < 4.78 is 41.5. The Morgan fingerprint density at radius 1 is 1.12 bits per heavy atom. The molecule has 1 aliphatic heterocycles. The number of rotatable bonds is 1. The lowest BCUT2D eigenvalue weighted by Gasteiger charge is -2.07. The molecule has 5 heteroatoms. The number of benzene rings is 1. The van der Waals surface area contributed by atoms with Crippen LogP contribution in [-0.2, 0) is 15.7 Å². The van der Waals surface area contributed by atoms with Crippen LogP contribution in [0, 0.1) is 0 Å². The van der Waals surface area contributed by atoms with Crippen LogP contribution >= 0.6 is 0 Å². The number of cyclic esters (lactones) is 1. The molecule has 0 fully saturated rings. The first kappa shape index (κ1) is 10.7. The van der Waals surface area contributed by atoms with Crippen LogP contribution in [0.3, 0.4) is 0 Å². The van der Waals surface area contributed by atoms with E-state index in [4.69, 9.17) is 0 Å². The topological polar surface area (TPSA) is 26.3 Å². The van der Waals surface area contributed by atoms with Crippen molar-refractivity contribution >= 4 is 11.5 Å². The van der Waals surface area contributed by atoms with Gasteiger partial charge in [-0.25, -0.2) is 4.79 Å². The van der Waals surface area contributed by atoms with Crippen molar-refractivity contribution in [3.05, 3.63) is 41.5 Å². The smallest absolute Gasteiger partial charge is 0.416 e. The summed E-state index contributed by atoms with van der Waals surface area (Å²) in [5.74, 6) is -0.500. The summed E-state index contributed by atoms with van der Waals surface area (Å²) in [7, 11) is 0. The van der Waals surface area contributed by atoms with Gasteiger partial charge in [0.25, 0.3) is 0 Å². The Labute approximate surface area is 89.3 Å². The quantitative estimate of drug-likeness (QED) is 0.690. The molecule has 16 heavy (non-hydrogen) atoms. The van der Waals surface area contributed by atoms with Crippen molar-refractivity contribution in [2.45, 2.75) is 6.18 Å². The molecule has 0 saturated heterocycles. The van der Waals surface area contributed by atoms with Crippen molar-refractivity contribution < 1.29 is 22.7 Å². The van der Waals surface area contributed by atoms with Crippen LogP contribution in [0.1, 0.15) is 11.1 Å². The van der Waals surface area contributed by atoms with Gasteiger partial charge < -0.3 is 4.74 Å². The minimum Gasteiger partial charge on any atom is -0.458 e. The summed E-state index contributed by atoms with van der Waals surface area (Å²) in [6, 6.07) is 4.42. The van der Waals surface area contributed by atoms with Crippen LogP contribution in [0.4, 0.5) is 13.2 Å². The van der Waals surface area contributed by atoms with Gasteiger partial charge in [0.05, 0.1) is 11.1 Å². The molecule has 0 N–H and O–H groups in total. The Bertz CT molecular complexity index is 443. The average molecular weight is 228 g/mol. The molecular formula is C11H7F3O2. The van der Waals surface area contributed by atoms with Crippen molar-refractivity contribution in [3.8, 4) is 0 Å². The predicted octanol–water partition coefficient (Wildman–Crippen LogP) is 2.65. The molecule has 0 radical (unpaired) electrons. The van der Waals surface area contributed by atoms with Crippen LogP contribution in [0.15, 0.2) is 30.3 Å². The molecule has 0 saturated carbocycles. The second-order valence-electron chi connectivity index (χ2n) is 3.29. The number of alkyl halides is 3. The lowest BCUT2D eigenvalue weighted by molar-refractivity contribution is -0.137. The van der Waals surface area contributed by atoms with Gasteiger partial charge in [-0.05, 0) is 23.8 Å². The van der Waals surface area contributed by atoms with Crippen LogP contribution in [0.25, 0.3) is 5.57 Å². The van der Waals surface area contributed by atoms with Crippen molar-refractivity contribution in [1.29, 1.82) is 0 Å². The van der Waals surface area contributed by atoms with E-state index in [1.165, 1.54) is 12.1 Å². The van der Waals surface area contributed by atoms with Gasteiger partial charge in [0, 0.05) is 0 Å². The molecule has 0 amide bonds. The van der Waals surface area contributed by atoms with Gasteiger partial charge in [-0.15, -0.1) is 0 Å². The predicted molar refractivity (Wildman–Crippen MR) is 50.4 cm³/mol. The van der Waals surface area contributed by atoms with E-state index in [1.54, 1.807) is 6.08 Å². The van der Waals surface area contributed by atoms with Crippen LogP contribution in [0.5, 0.6) is 0 Å². The summed E-state index contributed by atoms with van der Waals surface area (Å²) in [4.78, 5) is 11.1. The number of carbonyl (C=O) groups is 1. The fourth-order valence-corrected chi connectivity index (χ4v) is 1.44. The van der Waals surface area contributed by atoms with E-state index in [0.29, 0.717) is 11.1 Å². The summed E-state index contributed by atoms with van der Waals surface area (Å²) in [6.45, 7) is 0.176.